The van der Waals surface area contributed by atoms with Crippen molar-refractivity contribution in [3.63, 3.8) is 0 Å². The first-order chi connectivity index (χ1) is 8.54. The van der Waals surface area contributed by atoms with Gasteiger partial charge in [0.25, 0.3) is 19.3 Å². The molecule has 1 rings (SSSR count). The normalized spacial score (nSPS) is 33.5. The van der Waals surface area contributed by atoms with Crippen molar-refractivity contribution in [2.75, 3.05) is 13.3 Å². The monoisotopic (exact) mass is 535 g/mol. The lowest BCUT2D eigenvalue weighted by Gasteiger charge is -2.21. The van der Waals surface area contributed by atoms with Crippen LogP contribution in [0.25, 0.3) is 0 Å². The Morgan fingerprint density at radius 2 is 1.05 bits per heavy atom. The molecule has 1 heterocycles. The second-order valence-electron chi connectivity index (χ2n) is 3.40. The highest BCUT2D eigenvalue weighted by atomic mass is 35.9. The number of hydrogen-bond donors (Lipinski definition) is 0. The van der Waals surface area contributed by atoms with Crippen molar-refractivity contribution in [1.82, 2.24) is 0 Å². The van der Waals surface area contributed by atoms with E-state index in [0.29, 0.717) is 0 Å². The Labute approximate surface area is 155 Å². The molecule has 0 aromatic heterocycles. The minimum absolute atomic E-state index is 1.49. The van der Waals surface area contributed by atoms with Crippen LogP contribution in [0.1, 0.15) is 0 Å². The second kappa shape index (κ2) is 7.00. The molecule has 18 heteroatoms. The smallest absolute Gasteiger partial charge is 0.199 e. The van der Waals surface area contributed by atoms with Gasteiger partial charge in [0.05, 0.1) is 0 Å². The van der Waals surface area contributed by atoms with Crippen molar-refractivity contribution in [1.29, 1.82) is 0 Å². The van der Waals surface area contributed by atoms with E-state index in [1.807, 2.05) is 0 Å². The molecule has 0 unspecified atom stereocenters. The van der Waals surface area contributed by atoms with Gasteiger partial charge in [-0.1, -0.05) is 45.0 Å². The minimum atomic E-state index is -3.27. The molecule has 0 aromatic carbocycles. The van der Waals surface area contributed by atoms with Crippen molar-refractivity contribution in [2.24, 2.45) is 22.6 Å². The first kappa shape index (κ1) is 21.5. The van der Waals surface area contributed by atoms with Gasteiger partial charge in [-0.25, -0.2) is 0 Å². The molecule has 20 heavy (non-hydrogen) atoms. The fraction of sp³-hybridized carbons (Fsp3) is 1.00. The van der Waals surface area contributed by atoms with Crippen LogP contribution in [-0.2, 0) is 0 Å². The van der Waals surface area contributed by atoms with Gasteiger partial charge >= 0.3 is 0 Å². The van der Waals surface area contributed by atoms with E-state index in [-0.39, 0.29) is 0 Å². The van der Waals surface area contributed by atoms with Gasteiger partial charge in [0.1, 0.15) is 11.5 Å². The van der Waals surface area contributed by atoms with Crippen LogP contribution >= 0.6 is 121 Å². The second-order valence-corrected chi connectivity index (χ2v) is 27.9. The first-order valence-corrected chi connectivity index (χ1v) is 20.9. The van der Waals surface area contributed by atoms with Gasteiger partial charge in [0.15, 0.2) is 0 Å². The third-order valence-electron chi connectivity index (χ3n) is 1.21. The molecule has 0 aromatic rings. The maximum atomic E-state index is 6.24. The van der Waals surface area contributed by atoms with E-state index in [0.717, 1.165) is 0 Å². The third kappa shape index (κ3) is 8.03. The summed E-state index contributed by atoms with van der Waals surface area (Å²) in [5.74, 6) is -8.59. The van der Waals surface area contributed by atoms with Gasteiger partial charge in [-0.15, -0.1) is 0 Å². The van der Waals surface area contributed by atoms with Crippen LogP contribution in [0.4, 0.5) is 0 Å². The molecular formula is C2H6Cl8N5P5. The summed E-state index contributed by atoms with van der Waals surface area (Å²) >= 11 is 48.1. The van der Waals surface area contributed by atoms with Gasteiger partial charge in [0.2, 0.25) is 0 Å². The Morgan fingerprint density at radius 1 is 0.700 bits per heavy atom. The van der Waals surface area contributed by atoms with Gasteiger partial charge in [-0.2, -0.15) is 22.6 Å². The van der Waals surface area contributed by atoms with Crippen LogP contribution < -0.4 is 0 Å². The number of hydrogen-bond acceptors (Lipinski definition) is 5. The van der Waals surface area contributed by atoms with Gasteiger partial charge < -0.3 is 0 Å². The van der Waals surface area contributed by atoms with Crippen LogP contribution in [0.3, 0.4) is 0 Å². The molecule has 0 N–H and O–H groups in total. The lowest BCUT2D eigenvalue weighted by molar-refractivity contribution is 1.66. The summed E-state index contributed by atoms with van der Waals surface area (Å²) in [5.41, 5.74) is 0. The Morgan fingerprint density at radius 3 is 1.40 bits per heavy atom. The molecule has 120 valence electrons. The average molecular weight is 539 g/mol. The Hall–Kier alpha value is 3.47. The highest BCUT2D eigenvalue weighted by Gasteiger charge is 2.35. The molecular weight excluding hydrogens is 533 g/mol. The van der Waals surface area contributed by atoms with E-state index < -0.39 is 30.8 Å². The zero-order valence-electron chi connectivity index (χ0n) is 9.50. The summed E-state index contributed by atoms with van der Waals surface area (Å²) in [7, 11) is 0. The summed E-state index contributed by atoms with van der Waals surface area (Å²) in [6.45, 7) is -3.55. The maximum absolute atomic E-state index is 6.24. The topological polar surface area (TPSA) is 61.8 Å². The predicted molar refractivity (Wildman–Crippen MR) is 105 cm³/mol. The fourth-order valence-corrected chi connectivity index (χ4v) is 26.2. The molecule has 2 atom stereocenters. The van der Waals surface area contributed by atoms with Crippen molar-refractivity contribution in [2.45, 2.75) is 0 Å². The summed E-state index contributed by atoms with van der Waals surface area (Å²) in [4.78, 5) is 0. The van der Waals surface area contributed by atoms with E-state index >= 15 is 0 Å². The Balaban J connectivity index is 3.75. The largest absolute Gasteiger partial charge is 0.284 e. The summed E-state index contributed by atoms with van der Waals surface area (Å²) < 4.78 is 20.0. The average Bonchev–Trinajstić information content (AvgIpc) is 1.83. The zero-order chi connectivity index (χ0) is 16.0. The van der Waals surface area contributed by atoms with Gasteiger partial charge in [-0.3, -0.25) is 0 Å². The van der Waals surface area contributed by atoms with E-state index in [1.54, 1.807) is 0 Å². The maximum Gasteiger partial charge on any atom is 0.284 e. The summed E-state index contributed by atoms with van der Waals surface area (Å²) in [6.07, 6.45) is 0. The molecule has 0 spiro atoms. The molecule has 0 radical (unpaired) electrons. The molecule has 0 amide bonds. The van der Waals surface area contributed by atoms with Gasteiger partial charge in [-0.05, 0) is 58.3 Å². The van der Waals surface area contributed by atoms with Crippen LogP contribution in [-0.4, -0.2) is 13.3 Å². The first-order valence-electron chi connectivity index (χ1n) is 4.25. The van der Waals surface area contributed by atoms with E-state index in [1.165, 1.54) is 13.3 Å². The van der Waals surface area contributed by atoms with Crippen molar-refractivity contribution in [3.05, 3.63) is 0 Å². The predicted octanol–water partition coefficient (Wildman–Crippen LogP) is 11.1. The fourth-order valence-electron chi connectivity index (χ4n) is 0.944. The number of halogens is 8. The van der Waals surface area contributed by atoms with E-state index in [4.69, 9.17) is 89.9 Å². The van der Waals surface area contributed by atoms with E-state index in [2.05, 4.69) is 22.6 Å². The summed E-state index contributed by atoms with van der Waals surface area (Å²) in [5, 5.41) is 0. The standard InChI is InChI=1S/C2H6Cl8N5P5/c1-16(3,4)11-19(9)13-18(7,8)14-20(10,15-19)12-17(2,5)6/h1-2H3/t19-,20-/m0/s1. The Kier molecular flexibility index (Phi) is 7.53. The minimum Gasteiger partial charge on any atom is -0.199 e. The Bertz CT molecular complexity index is 640. The van der Waals surface area contributed by atoms with Crippen molar-refractivity contribution >= 4 is 121 Å². The van der Waals surface area contributed by atoms with Crippen molar-refractivity contribution < 1.29 is 0 Å². The van der Waals surface area contributed by atoms with Crippen LogP contribution in [0, 0.1) is 0 Å². The molecule has 1 aliphatic rings. The molecule has 0 fully saturated rings. The molecule has 1 aliphatic heterocycles. The van der Waals surface area contributed by atoms with Crippen LogP contribution in [0.2, 0.25) is 0 Å². The van der Waals surface area contributed by atoms with E-state index in [9.17, 15) is 0 Å². The molecule has 0 aliphatic carbocycles. The zero-order valence-corrected chi connectivity index (χ0v) is 20.0. The van der Waals surface area contributed by atoms with Gasteiger partial charge in [0, 0.05) is 0 Å². The molecule has 0 saturated heterocycles. The van der Waals surface area contributed by atoms with Crippen molar-refractivity contribution in [3.8, 4) is 0 Å². The lowest BCUT2D eigenvalue weighted by atomic mass is 12.0. The number of nitrogens with zero attached hydrogens (tertiary/aromatic N) is 5. The molecule has 0 bridgehead atoms. The third-order valence-corrected chi connectivity index (χ3v) is 19.4. The SMILES string of the molecule is CP(Cl)(Cl)=N[P@@]1(Cl)=NP(Cl)(Cl)=N[P@](Cl)(N=P(C)(Cl)Cl)=N1. The quantitative estimate of drug-likeness (QED) is 0.314. The highest BCUT2D eigenvalue weighted by Crippen LogP contribution is 2.89. The number of rotatable bonds is 2. The van der Waals surface area contributed by atoms with Crippen LogP contribution in [0.15, 0.2) is 22.6 Å². The highest BCUT2D eigenvalue weighted by molar-refractivity contribution is 8.21. The lowest BCUT2D eigenvalue weighted by Crippen LogP contribution is -1.71. The van der Waals surface area contributed by atoms with Crippen LogP contribution in [0.5, 0.6) is 0 Å². The molecule has 0 saturated carbocycles. The summed E-state index contributed by atoms with van der Waals surface area (Å²) in [6, 6.07) is 0. The molecule has 5 nitrogen and oxygen atoms in total.